The molecule has 2 atom stereocenters. The summed E-state index contributed by atoms with van der Waals surface area (Å²) in [5.74, 6) is -0.534. The summed E-state index contributed by atoms with van der Waals surface area (Å²) in [6.07, 6.45) is 30.5. The predicted octanol–water partition coefficient (Wildman–Crippen LogP) is 5.46. The number of hydrogen-bond acceptors (Lipinski definition) is 7. The lowest BCUT2D eigenvalue weighted by Crippen LogP contribution is -2.27. The minimum absolute atomic E-state index is 0.0565. The van der Waals surface area contributed by atoms with Crippen molar-refractivity contribution < 1.29 is 33.1 Å². The van der Waals surface area contributed by atoms with Gasteiger partial charge in [-0.05, 0) is 44.9 Å². The highest BCUT2D eigenvalue weighted by molar-refractivity contribution is 7.47. The van der Waals surface area contributed by atoms with Crippen molar-refractivity contribution in [3.8, 4) is 0 Å². The standard InChI is InChI=1S/C27H44NO7P/c1-2-3-4-5-6-7-8-9-10-11-12-13-14-15-16-17-18-19-20-21-27(30)35-26(24-29)25-34-36(31,32)33-23-22-28/h3-4,6-7,9-10,12-13,15-16,18-19,26,29H,2,5,8,11,14,17,20-25,28H2,1H3,(H,31,32)/t26-/m1/s1. The van der Waals surface area contributed by atoms with E-state index in [9.17, 15) is 19.4 Å². The van der Waals surface area contributed by atoms with Gasteiger partial charge in [-0.3, -0.25) is 13.8 Å². The van der Waals surface area contributed by atoms with Gasteiger partial charge in [-0.15, -0.1) is 0 Å². The molecule has 9 heteroatoms. The first kappa shape index (κ1) is 33.9. The molecule has 0 fully saturated rings. The number of phosphoric acid groups is 1. The van der Waals surface area contributed by atoms with E-state index >= 15 is 0 Å². The number of carbonyl (C=O) groups excluding carboxylic acids is 1. The maximum absolute atomic E-state index is 11.9. The number of esters is 1. The molecule has 0 bridgehead atoms. The summed E-state index contributed by atoms with van der Waals surface area (Å²) in [4.78, 5) is 21.3. The average molecular weight is 526 g/mol. The summed E-state index contributed by atoms with van der Waals surface area (Å²) < 4.78 is 25.9. The molecule has 0 spiro atoms. The Labute approximate surface area is 216 Å². The van der Waals surface area contributed by atoms with Gasteiger partial charge in [-0.2, -0.15) is 0 Å². The van der Waals surface area contributed by atoms with Crippen molar-refractivity contribution in [2.24, 2.45) is 5.73 Å². The fraction of sp³-hybridized carbons (Fsp3) is 0.519. The van der Waals surface area contributed by atoms with Gasteiger partial charge in [-0.25, -0.2) is 4.57 Å². The van der Waals surface area contributed by atoms with Crippen LogP contribution in [-0.2, 0) is 23.1 Å². The van der Waals surface area contributed by atoms with Crippen molar-refractivity contribution in [2.75, 3.05) is 26.4 Å². The number of carbonyl (C=O) groups is 1. The Bertz CT molecular complexity index is 772. The molecule has 4 N–H and O–H groups in total. The molecule has 0 saturated carbocycles. The molecule has 0 aliphatic carbocycles. The van der Waals surface area contributed by atoms with Crippen molar-refractivity contribution >= 4 is 13.8 Å². The molecule has 0 amide bonds. The summed E-state index contributed by atoms with van der Waals surface area (Å²) >= 11 is 0. The highest BCUT2D eigenvalue weighted by Gasteiger charge is 2.24. The summed E-state index contributed by atoms with van der Waals surface area (Å²) in [5, 5.41) is 9.26. The first-order chi connectivity index (χ1) is 17.4. The highest BCUT2D eigenvalue weighted by Crippen LogP contribution is 2.42. The highest BCUT2D eigenvalue weighted by atomic mass is 31.2. The Hall–Kier alpha value is -2.06. The Morgan fingerprint density at radius 1 is 0.833 bits per heavy atom. The molecule has 0 aliphatic heterocycles. The molecule has 0 aromatic carbocycles. The Morgan fingerprint density at radius 2 is 1.31 bits per heavy atom. The average Bonchev–Trinajstić information content (AvgIpc) is 2.86. The van der Waals surface area contributed by atoms with Crippen molar-refractivity contribution in [2.45, 2.75) is 64.4 Å². The number of nitrogens with two attached hydrogens (primary N) is 1. The van der Waals surface area contributed by atoms with Gasteiger partial charge in [-0.1, -0.05) is 79.8 Å². The molecule has 0 saturated heterocycles. The molecule has 0 radical (unpaired) electrons. The van der Waals surface area contributed by atoms with E-state index in [4.69, 9.17) is 15.0 Å². The maximum Gasteiger partial charge on any atom is 0.472 e. The van der Waals surface area contributed by atoms with E-state index in [1.165, 1.54) is 0 Å². The van der Waals surface area contributed by atoms with Gasteiger partial charge in [0.1, 0.15) is 6.10 Å². The monoisotopic (exact) mass is 525 g/mol. The summed E-state index contributed by atoms with van der Waals surface area (Å²) in [6.45, 7) is 1.04. The molecular weight excluding hydrogens is 481 g/mol. The lowest BCUT2D eigenvalue weighted by Gasteiger charge is -2.17. The van der Waals surface area contributed by atoms with Crippen molar-refractivity contribution in [3.05, 3.63) is 72.9 Å². The van der Waals surface area contributed by atoms with Crippen LogP contribution in [0.25, 0.3) is 0 Å². The molecule has 0 heterocycles. The summed E-state index contributed by atoms with van der Waals surface area (Å²) in [7, 11) is -4.29. The van der Waals surface area contributed by atoms with Gasteiger partial charge in [0.05, 0.1) is 19.8 Å². The maximum atomic E-state index is 11.9. The van der Waals surface area contributed by atoms with Crippen molar-refractivity contribution in [1.82, 2.24) is 0 Å². The molecule has 204 valence electrons. The van der Waals surface area contributed by atoms with Crippen LogP contribution in [0.3, 0.4) is 0 Å². The van der Waals surface area contributed by atoms with Crippen LogP contribution < -0.4 is 5.73 Å². The summed E-state index contributed by atoms with van der Waals surface area (Å²) in [5.41, 5.74) is 5.19. The van der Waals surface area contributed by atoms with Crippen LogP contribution in [0.1, 0.15) is 58.3 Å². The SMILES string of the molecule is CCC=CCC=CCC=CCC=CCC=CCC=CCCC(=O)O[C@H](CO)COP(=O)(O)OCCN. The van der Waals surface area contributed by atoms with E-state index in [1.807, 2.05) is 12.2 Å². The van der Waals surface area contributed by atoms with Gasteiger partial charge >= 0.3 is 13.8 Å². The third kappa shape index (κ3) is 23.7. The fourth-order valence-corrected chi connectivity index (χ4v) is 3.36. The number of allylic oxidation sites excluding steroid dienone is 12. The topological polar surface area (TPSA) is 128 Å². The summed E-state index contributed by atoms with van der Waals surface area (Å²) in [6, 6.07) is 0. The zero-order valence-electron chi connectivity index (χ0n) is 21.5. The molecule has 1 unspecified atom stereocenters. The van der Waals surface area contributed by atoms with E-state index < -0.39 is 33.1 Å². The molecule has 0 aliphatic rings. The number of hydrogen-bond donors (Lipinski definition) is 3. The Balaban J connectivity index is 3.87. The van der Waals surface area contributed by atoms with Crippen LogP contribution in [0.5, 0.6) is 0 Å². The van der Waals surface area contributed by atoms with E-state index in [1.54, 1.807) is 0 Å². The minimum atomic E-state index is -4.29. The zero-order valence-corrected chi connectivity index (χ0v) is 22.3. The Kier molecular flexibility index (Phi) is 23.2. The van der Waals surface area contributed by atoms with Gasteiger partial charge in [0.2, 0.25) is 0 Å². The predicted molar refractivity (Wildman–Crippen MR) is 145 cm³/mol. The normalized spacial score (nSPS) is 15.3. The number of aliphatic hydroxyl groups is 1. The number of phosphoric ester groups is 1. The van der Waals surface area contributed by atoms with E-state index in [-0.39, 0.29) is 19.6 Å². The smallest absolute Gasteiger partial charge is 0.457 e. The van der Waals surface area contributed by atoms with Gasteiger partial charge in [0.15, 0.2) is 0 Å². The molecule has 8 nitrogen and oxygen atoms in total. The second-order valence-corrected chi connectivity index (χ2v) is 9.09. The number of aliphatic hydroxyl groups excluding tert-OH is 1. The van der Waals surface area contributed by atoms with Crippen LogP contribution in [0.4, 0.5) is 0 Å². The van der Waals surface area contributed by atoms with E-state index in [2.05, 4.69) is 72.2 Å². The molecular formula is C27H44NO7P. The quantitative estimate of drug-likeness (QED) is 0.0966. The van der Waals surface area contributed by atoms with E-state index in [0.29, 0.717) is 6.42 Å². The largest absolute Gasteiger partial charge is 0.472 e. The first-order valence-corrected chi connectivity index (χ1v) is 14.0. The second kappa shape index (κ2) is 24.6. The minimum Gasteiger partial charge on any atom is -0.457 e. The van der Waals surface area contributed by atoms with Gasteiger partial charge < -0.3 is 20.5 Å². The molecule has 0 aromatic rings. The van der Waals surface area contributed by atoms with Crippen LogP contribution in [0, 0.1) is 0 Å². The Morgan fingerprint density at radius 3 is 1.75 bits per heavy atom. The lowest BCUT2D eigenvalue weighted by molar-refractivity contribution is -0.153. The second-order valence-electron chi connectivity index (χ2n) is 7.63. The third-order valence-corrected chi connectivity index (χ3v) is 5.39. The van der Waals surface area contributed by atoms with Crippen LogP contribution in [0.15, 0.2) is 72.9 Å². The van der Waals surface area contributed by atoms with Crippen LogP contribution in [-0.4, -0.2) is 48.4 Å². The van der Waals surface area contributed by atoms with Crippen LogP contribution in [0.2, 0.25) is 0 Å². The molecule has 0 aromatic heterocycles. The zero-order chi connectivity index (χ0) is 26.7. The lowest BCUT2D eigenvalue weighted by atomic mass is 10.2. The molecule has 36 heavy (non-hydrogen) atoms. The number of ether oxygens (including phenoxy) is 1. The number of rotatable bonds is 22. The third-order valence-electron chi connectivity index (χ3n) is 4.41. The first-order valence-electron chi connectivity index (χ1n) is 12.5. The van der Waals surface area contributed by atoms with Crippen LogP contribution >= 0.6 is 7.82 Å². The van der Waals surface area contributed by atoms with Gasteiger partial charge in [0, 0.05) is 13.0 Å². The molecule has 0 rings (SSSR count). The van der Waals surface area contributed by atoms with Crippen molar-refractivity contribution in [1.29, 1.82) is 0 Å². The van der Waals surface area contributed by atoms with Gasteiger partial charge in [0.25, 0.3) is 0 Å². The van der Waals surface area contributed by atoms with E-state index in [0.717, 1.165) is 38.5 Å². The fourth-order valence-electron chi connectivity index (χ4n) is 2.59. The van der Waals surface area contributed by atoms with Crippen molar-refractivity contribution in [3.63, 3.8) is 0 Å².